The highest BCUT2D eigenvalue weighted by Crippen LogP contribution is 2.43. The normalized spacial score (nSPS) is 26.4. The Labute approximate surface area is 107 Å². The van der Waals surface area contributed by atoms with Crippen molar-refractivity contribution < 1.29 is 14.3 Å². The van der Waals surface area contributed by atoms with Crippen molar-refractivity contribution in [1.82, 2.24) is 0 Å². The summed E-state index contributed by atoms with van der Waals surface area (Å²) >= 11 is 0. The number of Topliss-reactive ketones (excluding diaryl/α,β-unsaturated/α-hetero) is 1. The average Bonchev–Trinajstić information content (AvgIpc) is 3.11. The number of methoxy groups -OCH3 is 1. The van der Waals surface area contributed by atoms with Gasteiger partial charge in [0, 0.05) is 6.07 Å². The van der Waals surface area contributed by atoms with Gasteiger partial charge in [0.1, 0.15) is 17.1 Å². The summed E-state index contributed by atoms with van der Waals surface area (Å²) in [6, 6.07) is 5.42. The Balaban J connectivity index is 1.91. The van der Waals surface area contributed by atoms with E-state index in [1.165, 1.54) is 12.8 Å². The van der Waals surface area contributed by atoms with Crippen LogP contribution in [0, 0.1) is 5.92 Å². The molecular weight excluding hydrogens is 228 g/mol. The molecule has 1 saturated carbocycles. The summed E-state index contributed by atoms with van der Waals surface area (Å²) in [4.78, 5) is 12.2. The van der Waals surface area contributed by atoms with Gasteiger partial charge in [-0.25, -0.2) is 0 Å². The van der Waals surface area contributed by atoms with Crippen LogP contribution < -0.4 is 9.47 Å². The number of benzene rings is 1. The molecule has 0 amide bonds. The average molecular weight is 246 g/mol. The Hall–Kier alpha value is -1.51. The van der Waals surface area contributed by atoms with Crippen LogP contribution in [0.4, 0.5) is 0 Å². The van der Waals surface area contributed by atoms with Crippen molar-refractivity contribution in [2.45, 2.75) is 38.2 Å². The van der Waals surface area contributed by atoms with Gasteiger partial charge in [-0.3, -0.25) is 4.79 Å². The van der Waals surface area contributed by atoms with Crippen LogP contribution in [0.2, 0.25) is 0 Å². The van der Waals surface area contributed by atoms with Crippen molar-refractivity contribution >= 4 is 5.78 Å². The Morgan fingerprint density at radius 3 is 2.89 bits per heavy atom. The minimum absolute atomic E-state index is 0.182. The SMILES string of the molecule is COc1ccc2c(c1)OC(C)(CC1CC1)CC2=O. The van der Waals surface area contributed by atoms with Crippen LogP contribution in [0.5, 0.6) is 11.5 Å². The van der Waals surface area contributed by atoms with E-state index in [1.54, 1.807) is 13.2 Å². The first kappa shape index (κ1) is 11.6. The van der Waals surface area contributed by atoms with E-state index in [2.05, 4.69) is 0 Å². The van der Waals surface area contributed by atoms with Gasteiger partial charge in [-0.2, -0.15) is 0 Å². The van der Waals surface area contributed by atoms with Crippen LogP contribution in [0.15, 0.2) is 18.2 Å². The lowest BCUT2D eigenvalue weighted by atomic mass is 9.87. The molecule has 1 aliphatic heterocycles. The molecule has 1 fully saturated rings. The molecule has 18 heavy (non-hydrogen) atoms. The second kappa shape index (κ2) is 4.01. The van der Waals surface area contributed by atoms with E-state index in [1.807, 2.05) is 19.1 Å². The van der Waals surface area contributed by atoms with Gasteiger partial charge < -0.3 is 9.47 Å². The molecule has 1 aliphatic carbocycles. The smallest absolute Gasteiger partial charge is 0.170 e. The number of carbonyl (C=O) groups is 1. The maximum atomic E-state index is 12.2. The van der Waals surface area contributed by atoms with Gasteiger partial charge >= 0.3 is 0 Å². The van der Waals surface area contributed by atoms with E-state index in [-0.39, 0.29) is 11.4 Å². The number of rotatable bonds is 3. The molecule has 0 bridgehead atoms. The number of carbonyl (C=O) groups excluding carboxylic acids is 1. The lowest BCUT2D eigenvalue weighted by Crippen LogP contribution is -2.39. The van der Waals surface area contributed by atoms with E-state index in [0.717, 1.165) is 18.1 Å². The lowest BCUT2D eigenvalue weighted by molar-refractivity contribution is 0.0433. The molecule has 1 heterocycles. The number of ketones is 1. The van der Waals surface area contributed by atoms with Crippen LogP contribution >= 0.6 is 0 Å². The molecule has 3 nitrogen and oxygen atoms in total. The molecule has 1 aromatic rings. The fraction of sp³-hybridized carbons (Fsp3) is 0.533. The topological polar surface area (TPSA) is 35.5 Å². The second-order valence-electron chi connectivity index (χ2n) is 5.66. The molecule has 0 spiro atoms. The molecule has 0 N–H and O–H groups in total. The zero-order valence-electron chi connectivity index (χ0n) is 10.9. The largest absolute Gasteiger partial charge is 0.497 e. The molecule has 2 aliphatic rings. The number of fused-ring (bicyclic) bond motifs is 1. The van der Waals surface area contributed by atoms with Crippen LogP contribution in [-0.2, 0) is 0 Å². The molecular formula is C15H18O3. The Morgan fingerprint density at radius 2 is 2.22 bits per heavy atom. The van der Waals surface area contributed by atoms with E-state index in [0.29, 0.717) is 17.7 Å². The molecule has 3 rings (SSSR count). The van der Waals surface area contributed by atoms with Crippen molar-refractivity contribution in [2.75, 3.05) is 7.11 Å². The van der Waals surface area contributed by atoms with Crippen molar-refractivity contribution in [3.8, 4) is 11.5 Å². The van der Waals surface area contributed by atoms with Crippen LogP contribution in [-0.4, -0.2) is 18.5 Å². The quantitative estimate of drug-likeness (QED) is 0.821. The first-order valence-corrected chi connectivity index (χ1v) is 6.50. The second-order valence-corrected chi connectivity index (χ2v) is 5.66. The number of hydrogen-bond donors (Lipinski definition) is 0. The van der Waals surface area contributed by atoms with Crippen LogP contribution in [0.25, 0.3) is 0 Å². The maximum Gasteiger partial charge on any atom is 0.170 e. The third kappa shape index (κ3) is 2.09. The third-order valence-corrected chi connectivity index (χ3v) is 3.80. The Morgan fingerprint density at radius 1 is 1.44 bits per heavy atom. The summed E-state index contributed by atoms with van der Waals surface area (Å²) < 4.78 is 11.3. The third-order valence-electron chi connectivity index (χ3n) is 3.80. The summed E-state index contributed by atoms with van der Waals surface area (Å²) in [5.74, 6) is 2.34. The number of hydrogen-bond acceptors (Lipinski definition) is 3. The molecule has 96 valence electrons. The summed E-state index contributed by atoms with van der Waals surface area (Å²) in [6.45, 7) is 2.05. The van der Waals surface area contributed by atoms with Crippen molar-refractivity contribution in [2.24, 2.45) is 5.92 Å². The van der Waals surface area contributed by atoms with Gasteiger partial charge in [-0.05, 0) is 31.4 Å². The standard InChI is InChI=1S/C15H18O3/c1-15(8-10-3-4-10)9-13(16)12-6-5-11(17-2)7-14(12)18-15/h5-7,10H,3-4,8-9H2,1-2H3. The summed E-state index contributed by atoms with van der Waals surface area (Å²) in [7, 11) is 1.62. The van der Waals surface area contributed by atoms with Gasteiger partial charge in [0.25, 0.3) is 0 Å². The highest BCUT2D eigenvalue weighted by molar-refractivity contribution is 6.00. The molecule has 1 unspecified atom stereocenters. The highest BCUT2D eigenvalue weighted by atomic mass is 16.5. The zero-order chi connectivity index (χ0) is 12.8. The van der Waals surface area contributed by atoms with E-state index in [9.17, 15) is 4.79 Å². The number of ether oxygens (including phenoxy) is 2. The zero-order valence-corrected chi connectivity index (χ0v) is 10.9. The minimum Gasteiger partial charge on any atom is -0.497 e. The molecule has 0 aromatic heterocycles. The maximum absolute atomic E-state index is 12.2. The lowest BCUT2D eigenvalue weighted by Gasteiger charge is -2.35. The van der Waals surface area contributed by atoms with Crippen LogP contribution in [0.3, 0.4) is 0 Å². The fourth-order valence-electron chi connectivity index (χ4n) is 2.73. The Kier molecular flexibility index (Phi) is 2.58. The van der Waals surface area contributed by atoms with Gasteiger partial charge in [0.2, 0.25) is 0 Å². The molecule has 1 aromatic carbocycles. The molecule has 3 heteroatoms. The first-order valence-electron chi connectivity index (χ1n) is 6.50. The predicted molar refractivity (Wildman–Crippen MR) is 68.3 cm³/mol. The molecule has 0 saturated heterocycles. The van der Waals surface area contributed by atoms with Crippen molar-refractivity contribution in [3.05, 3.63) is 23.8 Å². The van der Waals surface area contributed by atoms with Gasteiger partial charge in [-0.1, -0.05) is 12.8 Å². The summed E-state index contributed by atoms with van der Waals surface area (Å²) in [5.41, 5.74) is 0.349. The van der Waals surface area contributed by atoms with Crippen molar-refractivity contribution in [3.63, 3.8) is 0 Å². The highest BCUT2D eigenvalue weighted by Gasteiger charge is 2.40. The molecule has 0 radical (unpaired) electrons. The fourth-order valence-corrected chi connectivity index (χ4v) is 2.73. The summed E-state index contributed by atoms with van der Waals surface area (Å²) in [6.07, 6.45) is 4.02. The molecule has 1 atom stereocenters. The van der Waals surface area contributed by atoms with Crippen LogP contribution in [0.1, 0.15) is 43.0 Å². The van der Waals surface area contributed by atoms with E-state index < -0.39 is 0 Å². The summed E-state index contributed by atoms with van der Waals surface area (Å²) in [5, 5.41) is 0. The van der Waals surface area contributed by atoms with Crippen molar-refractivity contribution in [1.29, 1.82) is 0 Å². The van der Waals surface area contributed by atoms with Gasteiger partial charge in [-0.15, -0.1) is 0 Å². The van der Waals surface area contributed by atoms with Gasteiger partial charge in [0.05, 0.1) is 19.1 Å². The minimum atomic E-state index is -0.336. The van der Waals surface area contributed by atoms with E-state index >= 15 is 0 Å². The van der Waals surface area contributed by atoms with Gasteiger partial charge in [0.15, 0.2) is 5.78 Å². The first-order chi connectivity index (χ1) is 8.59. The van der Waals surface area contributed by atoms with E-state index in [4.69, 9.17) is 9.47 Å². The monoisotopic (exact) mass is 246 g/mol. The Bertz CT molecular complexity index is 491. The predicted octanol–water partition coefficient (Wildman–Crippen LogP) is 3.22.